The number of halogens is 1. The molecule has 4 rings (SSSR count). The van der Waals surface area contributed by atoms with Crippen LogP contribution in [-0.2, 0) is 13.8 Å². The summed E-state index contributed by atoms with van der Waals surface area (Å²) in [4.78, 5) is 37.7. The standard InChI is InChI=1S/C20H23FN3O6PS/c1-13-8-14(10-22-19(13)23-4-6-32-7-5-23)17-3-2-15(9-18(17)21)24-11-16(30-20(24)25)12-29-31(26,27)28/h2-3,8-10,16H,4-7,11-12H2,1H3,(H2,26,27,28)/t16-/m1/s1. The fourth-order valence-corrected chi connectivity index (χ4v) is 4.99. The van der Waals surface area contributed by atoms with Gasteiger partial charge in [0.2, 0.25) is 0 Å². The van der Waals surface area contributed by atoms with Crippen molar-refractivity contribution in [3.05, 3.63) is 41.8 Å². The number of aryl methyl sites for hydroxylation is 1. The van der Waals surface area contributed by atoms with Crippen LogP contribution in [0.3, 0.4) is 0 Å². The summed E-state index contributed by atoms with van der Waals surface area (Å²) in [6.45, 7) is 3.36. The zero-order valence-corrected chi connectivity index (χ0v) is 19.0. The summed E-state index contributed by atoms with van der Waals surface area (Å²) in [5, 5.41) is 0. The maximum absolute atomic E-state index is 15.0. The molecule has 1 aromatic heterocycles. The van der Waals surface area contributed by atoms with Gasteiger partial charge in [-0.3, -0.25) is 9.42 Å². The van der Waals surface area contributed by atoms with Gasteiger partial charge in [-0.15, -0.1) is 0 Å². The summed E-state index contributed by atoms with van der Waals surface area (Å²) in [5.41, 5.74) is 2.24. The number of phosphoric ester groups is 1. The monoisotopic (exact) mass is 483 g/mol. The number of hydrogen-bond acceptors (Lipinski definition) is 7. The molecule has 0 saturated carbocycles. The van der Waals surface area contributed by atoms with Gasteiger partial charge in [-0.2, -0.15) is 11.8 Å². The number of ether oxygens (including phenoxy) is 1. The van der Waals surface area contributed by atoms with Crippen molar-refractivity contribution < 1.29 is 32.8 Å². The van der Waals surface area contributed by atoms with Gasteiger partial charge in [-0.1, -0.05) is 0 Å². The molecule has 1 aromatic carbocycles. The van der Waals surface area contributed by atoms with Crippen LogP contribution in [0.1, 0.15) is 5.56 Å². The first kappa shape index (κ1) is 23.0. The van der Waals surface area contributed by atoms with Gasteiger partial charge in [0.05, 0.1) is 18.8 Å². The highest BCUT2D eigenvalue weighted by Crippen LogP contribution is 2.37. The molecule has 0 aliphatic carbocycles. The Morgan fingerprint density at radius 2 is 2.06 bits per heavy atom. The summed E-state index contributed by atoms with van der Waals surface area (Å²) in [6, 6.07) is 6.30. The van der Waals surface area contributed by atoms with E-state index in [0.29, 0.717) is 11.1 Å². The van der Waals surface area contributed by atoms with Crippen LogP contribution in [-0.4, -0.2) is 64.7 Å². The second-order valence-corrected chi connectivity index (χ2v) is 9.99. The summed E-state index contributed by atoms with van der Waals surface area (Å²) in [6.07, 6.45) is 0.0466. The third-order valence-corrected chi connectivity index (χ3v) is 6.67. The average molecular weight is 483 g/mol. The molecule has 1 atom stereocenters. The maximum Gasteiger partial charge on any atom is 0.469 e. The number of carbonyl (C=O) groups excluding carboxylic acids is 1. The van der Waals surface area contributed by atoms with Crippen LogP contribution < -0.4 is 9.80 Å². The van der Waals surface area contributed by atoms with E-state index in [2.05, 4.69) is 14.4 Å². The minimum Gasteiger partial charge on any atom is -0.441 e. The molecule has 0 radical (unpaired) electrons. The molecule has 0 spiro atoms. The molecule has 2 saturated heterocycles. The minimum atomic E-state index is -4.67. The molecule has 2 aliphatic heterocycles. The molecule has 0 unspecified atom stereocenters. The molecule has 3 heterocycles. The SMILES string of the molecule is Cc1cc(-c2ccc(N3C[C@H](COP(=O)(O)O)OC3=O)cc2F)cnc1N1CCSCC1. The van der Waals surface area contributed by atoms with Crippen LogP contribution in [0.25, 0.3) is 11.1 Å². The van der Waals surface area contributed by atoms with Crippen molar-refractivity contribution in [2.24, 2.45) is 0 Å². The van der Waals surface area contributed by atoms with Crippen molar-refractivity contribution in [3.63, 3.8) is 0 Å². The predicted octanol–water partition coefficient (Wildman–Crippen LogP) is 3.18. The first-order valence-electron chi connectivity index (χ1n) is 9.99. The van der Waals surface area contributed by atoms with Crippen LogP contribution in [0.4, 0.5) is 20.7 Å². The molecule has 0 bridgehead atoms. The fourth-order valence-electron chi connectivity index (χ4n) is 3.73. The molecule has 2 aromatic rings. The number of carbonyl (C=O) groups is 1. The number of aromatic nitrogens is 1. The average Bonchev–Trinajstić information content (AvgIpc) is 3.13. The van der Waals surface area contributed by atoms with Crippen molar-refractivity contribution in [1.82, 2.24) is 4.98 Å². The van der Waals surface area contributed by atoms with E-state index in [4.69, 9.17) is 14.5 Å². The first-order chi connectivity index (χ1) is 15.2. The highest BCUT2D eigenvalue weighted by atomic mass is 32.2. The van der Waals surface area contributed by atoms with Gasteiger partial charge < -0.3 is 19.4 Å². The Hall–Kier alpha value is -2.17. The Bertz CT molecular complexity index is 1060. The number of pyridine rings is 1. The van der Waals surface area contributed by atoms with Crippen LogP contribution in [0, 0.1) is 12.7 Å². The summed E-state index contributed by atoms with van der Waals surface area (Å²) in [5.74, 6) is 2.51. The molecule has 32 heavy (non-hydrogen) atoms. The lowest BCUT2D eigenvalue weighted by molar-refractivity contribution is 0.0880. The lowest BCUT2D eigenvalue weighted by atomic mass is 10.0. The van der Waals surface area contributed by atoms with Crippen molar-refractivity contribution >= 4 is 37.2 Å². The van der Waals surface area contributed by atoms with Crippen LogP contribution in [0.5, 0.6) is 0 Å². The van der Waals surface area contributed by atoms with E-state index in [-0.39, 0.29) is 12.2 Å². The van der Waals surface area contributed by atoms with Gasteiger partial charge in [0.25, 0.3) is 0 Å². The summed E-state index contributed by atoms with van der Waals surface area (Å²) in [7, 11) is -4.67. The van der Waals surface area contributed by atoms with E-state index in [1.54, 1.807) is 18.3 Å². The number of nitrogens with zero attached hydrogens (tertiary/aromatic N) is 3. The second kappa shape index (κ2) is 9.36. The fraction of sp³-hybridized carbons (Fsp3) is 0.400. The van der Waals surface area contributed by atoms with Gasteiger partial charge in [-0.05, 0) is 36.8 Å². The van der Waals surface area contributed by atoms with Crippen LogP contribution >= 0.6 is 19.6 Å². The van der Waals surface area contributed by atoms with Crippen LogP contribution in [0.15, 0.2) is 30.5 Å². The number of cyclic esters (lactones) is 1. The van der Waals surface area contributed by atoms with E-state index in [1.807, 2.05) is 24.8 Å². The zero-order valence-electron chi connectivity index (χ0n) is 17.3. The molecular weight excluding hydrogens is 460 g/mol. The number of rotatable bonds is 6. The Morgan fingerprint density at radius 3 is 2.72 bits per heavy atom. The van der Waals surface area contributed by atoms with Gasteiger partial charge >= 0.3 is 13.9 Å². The molecule has 2 aliphatic rings. The van der Waals surface area contributed by atoms with Crippen LogP contribution in [0.2, 0.25) is 0 Å². The second-order valence-electron chi connectivity index (χ2n) is 7.53. The highest BCUT2D eigenvalue weighted by Gasteiger charge is 2.34. The van der Waals surface area contributed by atoms with E-state index in [0.717, 1.165) is 36.0 Å². The van der Waals surface area contributed by atoms with Crippen molar-refractivity contribution in [2.75, 3.05) is 47.5 Å². The van der Waals surface area contributed by atoms with Gasteiger partial charge in [0.1, 0.15) is 17.7 Å². The predicted molar refractivity (Wildman–Crippen MR) is 120 cm³/mol. The molecular formula is C20H23FN3O6PS. The lowest BCUT2D eigenvalue weighted by Gasteiger charge is -2.28. The number of amides is 1. The topological polar surface area (TPSA) is 112 Å². The molecule has 1 amide bonds. The van der Waals surface area contributed by atoms with Gasteiger partial charge in [-0.25, -0.2) is 18.7 Å². The Balaban J connectivity index is 1.49. The van der Waals surface area contributed by atoms with E-state index in [1.165, 1.54) is 11.0 Å². The highest BCUT2D eigenvalue weighted by molar-refractivity contribution is 7.99. The molecule has 172 valence electrons. The maximum atomic E-state index is 15.0. The number of thioether (sulfide) groups is 1. The van der Waals surface area contributed by atoms with E-state index < -0.39 is 32.4 Å². The summed E-state index contributed by atoms with van der Waals surface area (Å²) < 4.78 is 35.2. The van der Waals surface area contributed by atoms with Crippen molar-refractivity contribution in [2.45, 2.75) is 13.0 Å². The van der Waals surface area contributed by atoms with Crippen molar-refractivity contribution in [1.29, 1.82) is 0 Å². The largest absolute Gasteiger partial charge is 0.469 e. The lowest BCUT2D eigenvalue weighted by Crippen LogP contribution is -2.33. The normalized spacial score (nSPS) is 19.4. The number of anilines is 2. The molecule has 2 N–H and O–H groups in total. The Kier molecular flexibility index (Phi) is 6.73. The smallest absolute Gasteiger partial charge is 0.441 e. The molecule has 9 nitrogen and oxygen atoms in total. The molecule has 12 heteroatoms. The first-order valence-corrected chi connectivity index (χ1v) is 12.7. The van der Waals surface area contributed by atoms with Crippen molar-refractivity contribution in [3.8, 4) is 11.1 Å². The minimum absolute atomic E-state index is 0.0128. The Labute approximate surface area is 188 Å². The van der Waals surface area contributed by atoms with E-state index in [9.17, 15) is 13.8 Å². The number of hydrogen-bond donors (Lipinski definition) is 2. The number of phosphoric acid groups is 1. The van der Waals surface area contributed by atoms with Gasteiger partial charge in [0.15, 0.2) is 0 Å². The van der Waals surface area contributed by atoms with E-state index >= 15 is 0 Å². The Morgan fingerprint density at radius 1 is 1.31 bits per heavy atom. The van der Waals surface area contributed by atoms with Gasteiger partial charge in [0, 0.05) is 41.9 Å². The quantitative estimate of drug-likeness (QED) is 0.598. The third-order valence-electron chi connectivity index (χ3n) is 5.24. The zero-order chi connectivity index (χ0) is 22.9. The summed E-state index contributed by atoms with van der Waals surface area (Å²) >= 11 is 1.92. The third kappa shape index (κ3) is 5.24. The number of benzene rings is 1. The molecule has 2 fully saturated rings.